The fourth-order valence-corrected chi connectivity index (χ4v) is 5.32. The maximum atomic E-state index is 12.0. The van der Waals surface area contributed by atoms with Gasteiger partial charge in [0.2, 0.25) is 0 Å². The van der Waals surface area contributed by atoms with Crippen LogP contribution in [-0.4, -0.2) is 30.0 Å². The molecule has 132 valence electrons. The standard InChI is InChI=1S/C15H13NO7S2/c16-11-23-14-8-4-7-13(10-9-12-5-2-1-3-6-12)15(14,24(17,18)19)25(20,21)22/h1-10,13H,(H,17,18,19)(H,20,21,22). The number of ether oxygens (including phenoxy) is 1. The molecule has 1 atom stereocenters. The van der Waals surface area contributed by atoms with Crippen molar-refractivity contribution in [1.82, 2.24) is 0 Å². The SMILES string of the molecule is N#COC1=CC=CC(C=Cc2ccccc2)C1(S(=O)(=O)O)S(=O)(=O)O. The summed E-state index contributed by atoms with van der Waals surface area (Å²) < 4.78 is 68.3. The number of rotatable bonds is 5. The van der Waals surface area contributed by atoms with Crippen LogP contribution in [0.4, 0.5) is 0 Å². The average Bonchev–Trinajstić information content (AvgIpc) is 2.52. The molecule has 2 N–H and O–H groups in total. The van der Waals surface area contributed by atoms with Crippen molar-refractivity contribution in [1.29, 1.82) is 5.26 Å². The molecule has 1 aliphatic rings. The fraction of sp³-hybridized carbons (Fsp3) is 0.133. The summed E-state index contributed by atoms with van der Waals surface area (Å²) in [6, 6.07) is 8.51. The molecule has 10 heteroatoms. The molecule has 0 saturated heterocycles. The van der Waals surface area contributed by atoms with E-state index in [1.54, 1.807) is 30.3 Å². The average molecular weight is 383 g/mol. The van der Waals surface area contributed by atoms with Crippen LogP contribution in [0.1, 0.15) is 5.56 Å². The fourth-order valence-electron chi connectivity index (χ4n) is 2.53. The van der Waals surface area contributed by atoms with Gasteiger partial charge in [0.25, 0.3) is 30.6 Å². The van der Waals surface area contributed by atoms with Gasteiger partial charge in [-0.05, 0) is 11.6 Å². The summed E-state index contributed by atoms with van der Waals surface area (Å²) in [7, 11) is -10.9. The summed E-state index contributed by atoms with van der Waals surface area (Å²) in [6.45, 7) is 0. The molecule has 8 nitrogen and oxygen atoms in total. The molecule has 0 heterocycles. The van der Waals surface area contributed by atoms with E-state index in [0.29, 0.717) is 5.56 Å². The largest absolute Gasteiger partial charge is 0.389 e. The van der Waals surface area contributed by atoms with Crippen LogP contribution in [-0.2, 0) is 25.0 Å². The highest BCUT2D eigenvalue weighted by atomic mass is 32.3. The Morgan fingerprint density at radius 3 is 2.24 bits per heavy atom. The molecule has 0 aromatic heterocycles. The first-order chi connectivity index (χ1) is 11.6. The summed E-state index contributed by atoms with van der Waals surface area (Å²) in [5.74, 6) is -2.48. The molecule has 1 unspecified atom stereocenters. The van der Waals surface area contributed by atoms with E-state index in [4.69, 9.17) is 5.26 Å². The van der Waals surface area contributed by atoms with Crippen molar-refractivity contribution in [2.24, 2.45) is 5.92 Å². The second-order valence-electron chi connectivity index (χ2n) is 5.02. The number of allylic oxidation sites excluding steroid dienone is 4. The van der Waals surface area contributed by atoms with Gasteiger partial charge >= 0.3 is 0 Å². The van der Waals surface area contributed by atoms with E-state index in [-0.39, 0.29) is 0 Å². The van der Waals surface area contributed by atoms with Crippen molar-refractivity contribution in [3.05, 3.63) is 66.0 Å². The molecular formula is C15H13NO7S2. The zero-order valence-electron chi connectivity index (χ0n) is 12.6. The molecule has 1 aliphatic carbocycles. The topological polar surface area (TPSA) is 142 Å². The molecule has 1 aromatic carbocycles. The van der Waals surface area contributed by atoms with Gasteiger partial charge in [0.1, 0.15) is 0 Å². The second-order valence-corrected chi connectivity index (χ2v) is 8.47. The third kappa shape index (κ3) is 3.35. The highest BCUT2D eigenvalue weighted by molar-refractivity contribution is 8.05. The highest BCUT2D eigenvalue weighted by Crippen LogP contribution is 2.43. The minimum atomic E-state index is -5.45. The van der Waals surface area contributed by atoms with Crippen LogP contribution in [0.15, 0.2) is 60.4 Å². The first kappa shape index (κ1) is 18.9. The summed E-state index contributed by atoms with van der Waals surface area (Å²) in [6.07, 6.45) is 7.00. The Morgan fingerprint density at radius 1 is 1.12 bits per heavy atom. The Morgan fingerprint density at radius 2 is 1.72 bits per heavy atom. The molecular weight excluding hydrogens is 370 g/mol. The van der Waals surface area contributed by atoms with E-state index < -0.39 is 36.0 Å². The lowest BCUT2D eigenvalue weighted by Gasteiger charge is -2.33. The Kier molecular flexibility index (Phi) is 5.15. The van der Waals surface area contributed by atoms with Gasteiger partial charge in [-0.15, -0.1) is 5.26 Å². The van der Waals surface area contributed by atoms with Crippen molar-refractivity contribution < 1.29 is 30.7 Å². The summed E-state index contributed by atoms with van der Waals surface area (Å²) >= 11 is 0. The van der Waals surface area contributed by atoms with E-state index in [1.165, 1.54) is 18.2 Å². The van der Waals surface area contributed by atoms with Crippen molar-refractivity contribution >= 4 is 26.3 Å². The summed E-state index contributed by atoms with van der Waals surface area (Å²) in [4.78, 5) is 0. The Labute approximate surface area is 144 Å². The Bertz CT molecular complexity index is 952. The third-order valence-corrected chi connectivity index (χ3v) is 7.31. The monoisotopic (exact) mass is 383 g/mol. The van der Waals surface area contributed by atoms with Gasteiger partial charge in [-0.2, -0.15) is 16.8 Å². The number of nitrogens with zero attached hydrogens (tertiary/aromatic N) is 1. The molecule has 0 bridgehead atoms. The first-order valence-corrected chi connectivity index (χ1v) is 9.65. The van der Waals surface area contributed by atoms with Gasteiger partial charge in [0.05, 0.1) is 0 Å². The number of hydrogen-bond acceptors (Lipinski definition) is 6. The van der Waals surface area contributed by atoms with Crippen LogP contribution in [0.5, 0.6) is 0 Å². The van der Waals surface area contributed by atoms with Gasteiger partial charge in [-0.25, -0.2) is 0 Å². The quantitative estimate of drug-likeness (QED) is 0.578. The van der Waals surface area contributed by atoms with Crippen LogP contribution >= 0.6 is 0 Å². The maximum Gasteiger partial charge on any atom is 0.296 e. The number of hydrogen-bond donors (Lipinski definition) is 2. The third-order valence-electron chi connectivity index (χ3n) is 3.57. The molecule has 1 aromatic rings. The smallest absolute Gasteiger partial charge is 0.296 e. The van der Waals surface area contributed by atoms with Crippen molar-refractivity contribution in [3.8, 4) is 6.26 Å². The zero-order valence-corrected chi connectivity index (χ0v) is 14.2. The molecule has 0 aliphatic heterocycles. The number of nitriles is 1. The molecule has 25 heavy (non-hydrogen) atoms. The molecule has 0 spiro atoms. The predicted octanol–water partition coefficient (Wildman–Crippen LogP) is 1.74. The minimum Gasteiger partial charge on any atom is -0.389 e. The lowest BCUT2D eigenvalue weighted by molar-refractivity contribution is 0.309. The summed E-state index contributed by atoms with van der Waals surface area (Å²) in [5.41, 5.74) is 0.618. The first-order valence-electron chi connectivity index (χ1n) is 6.77. The van der Waals surface area contributed by atoms with Crippen molar-refractivity contribution in [3.63, 3.8) is 0 Å². The van der Waals surface area contributed by atoms with Crippen LogP contribution in [0.3, 0.4) is 0 Å². The van der Waals surface area contributed by atoms with Crippen LogP contribution in [0.25, 0.3) is 6.08 Å². The maximum absolute atomic E-state index is 12.0. The van der Waals surface area contributed by atoms with E-state index in [0.717, 1.165) is 18.4 Å². The van der Waals surface area contributed by atoms with Crippen LogP contribution < -0.4 is 0 Å². The number of benzene rings is 1. The van der Waals surface area contributed by atoms with Gasteiger partial charge < -0.3 is 4.74 Å². The Balaban J connectivity index is 2.69. The normalized spacial score (nSPS) is 20.0. The van der Waals surface area contributed by atoms with E-state index >= 15 is 0 Å². The molecule has 0 amide bonds. The van der Waals surface area contributed by atoms with Crippen LogP contribution in [0.2, 0.25) is 0 Å². The highest BCUT2D eigenvalue weighted by Gasteiger charge is 2.64. The van der Waals surface area contributed by atoms with E-state index in [2.05, 4.69) is 4.74 Å². The minimum absolute atomic E-state index is 0.618. The van der Waals surface area contributed by atoms with Gasteiger partial charge in [-0.1, -0.05) is 54.6 Å². The van der Waals surface area contributed by atoms with Crippen molar-refractivity contribution in [2.75, 3.05) is 0 Å². The van der Waals surface area contributed by atoms with E-state index in [9.17, 15) is 25.9 Å². The summed E-state index contributed by atoms with van der Waals surface area (Å²) in [5, 5.41) is 8.67. The lowest BCUT2D eigenvalue weighted by Crippen LogP contribution is -2.53. The molecule has 2 rings (SSSR count). The Hall–Kier alpha value is -2.45. The lowest BCUT2D eigenvalue weighted by atomic mass is 9.96. The molecule has 0 fully saturated rings. The van der Waals surface area contributed by atoms with Crippen molar-refractivity contribution in [2.45, 2.75) is 4.08 Å². The molecule has 0 saturated carbocycles. The van der Waals surface area contributed by atoms with E-state index in [1.807, 2.05) is 0 Å². The second kappa shape index (κ2) is 6.81. The van der Waals surface area contributed by atoms with Gasteiger partial charge in [-0.3, -0.25) is 9.11 Å². The molecule has 0 radical (unpaired) electrons. The van der Waals surface area contributed by atoms with Crippen LogP contribution in [0, 0.1) is 17.4 Å². The predicted molar refractivity (Wildman–Crippen MR) is 88.7 cm³/mol. The van der Waals surface area contributed by atoms with Gasteiger partial charge in [0.15, 0.2) is 5.76 Å². The van der Waals surface area contributed by atoms with Gasteiger partial charge in [0, 0.05) is 5.92 Å². The zero-order chi connectivity index (χ0) is 18.7.